The number of hydrogen-bond donors (Lipinski definition) is 0. The zero-order valence-electron chi connectivity index (χ0n) is 12.0. The van der Waals surface area contributed by atoms with Crippen molar-refractivity contribution in [3.8, 4) is 0 Å². The van der Waals surface area contributed by atoms with Crippen LogP contribution in [0.2, 0.25) is 0 Å². The Morgan fingerprint density at radius 1 is 1.17 bits per heavy atom. The molecule has 0 saturated carbocycles. The lowest BCUT2D eigenvalue weighted by Crippen LogP contribution is -2.34. The summed E-state index contributed by atoms with van der Waals surface area (Å²) in [4.78, 5) is 9.64. The molecule has 0 fully saturated rings. The molecule has 0 amide bonds. The van der Waals surface area contributed by atoms with Gasteiger partial charge in [-0.05, 0) is 18.2 Å². The number of anilines is 1. The van der Waals surface area contributed by atoms with E-state index < -0.39 is 42.9 Å². The first-order valence-electron chi connectivity index (χ1n) is 6.56. The van der Waals surface area contributed by atoms with E-state index in [9.17, 15) is 27.3 Å². The second kappa shape index (κ2) is 7.22. The van der Waals surface area contributed by atoms with Crippen LogP contribution < -0.4 is 4.31 Å². The molecule has 0 aliphatic heterocycles. The predicted molar refractivity (Wildman–Crippen MR) is 87.8 cm³/mol. The Kier molecular flexibility index (Phi) is 5.50. The number of nitrogens with zero attached hydrogens (tertiary/aromatic N) is 2. The number of sulfonamides is 1. The van der Waals surface area contributed by atoms with Crippen molar-refractivity contribution in [3.63, 3.8) is 0 Å². The second-order valence-electron chi connectivity index (χ2n) is 4.59. The van der Waals surface area contributed by atoms with Gasteiger partial charge in [0.1, 0.15) is 11.6 Å². The average Bonchev–Trinajstić information content (AvgIpc) is 2.55. The molecule has 0 unspecified atom stereocenters. The van der Waals surface area contributed by atoms with Crippen LogP contribution in [-0.2, 0) is 10.0 Å². The lowest BCUT2D eigenvalue weighted by Gasteiger charge is -2.24. The van der Waals surface area contributed by atoms with E-state index >= 15 is 0 Å². The maximum Gasteiger partial charge on any atom is 0.289 e. The molecule has 0 spiro atoms. The largest absolute Gasteiger partial charge is 0.289 e. The van der Waals surface area contributed by atoms with Gasteiger partial charge in [0.25, 0.3) is 15.7 Å². The Balaban J connectivity index is 2.67. The lowest BCUT2D eigenvalue weighted by molar-refractivity contribution is -0.387. The Labute approximate surface area is 145 Å². The first-order chi connectivity index (χ1) is 11.3. The summed E-state index contributed by atoms with van der Waals surface area (Å²) < 4.78 is 53.7. The fourth-order valence-corrected chi connectivity index (χ4v) is 4.28. The Bertz CT molecular complexity index is 877. The molecule has 2 rings (SSSR count). The number of benzene rings is 2. The third kappa shape index (κ3) is 3.54. The smallest absolute Gasteiger partial charge is 0.262 e. The fourth-order valence-electron chi connectivity index (χ4n) is 2.07. The van der Waals surface area contributed by atoms with Crippen LogP contribution in [0.1, 0.15) is 0 Å². The van der Waals surface area contributed by atoms with Gasteiger partial charge in [0.15, 0.2) is 4.90 Å². The molecular weight excluding hydrogens is 410 g/mol. The third-order valence-corrected chi connectivity index (χ3v) is 5.31. The van der Waals surface area contributed by atoms with Crippen LogP contribution in [0.25, 0.3) is 0 Å². The molecule has 0 aliphatic carbocycles. The molecule has 128 valence electrons. The highest BCUT2D eigenvalue weighted by atomic mass is 79.9. The van der Waals surface area contributed by atoms with Crippen molar-refractivity contribution in [2.24, 2.45) is 0 Å². The van der Waals surface area contributed by atoms with Crippen LogP contribution in [0.4, 0.5) is 20.2 Å². The van der Waals surface area contributed by atoms with Gasteiger partial charge in [-0.2, -0.15) is 0 Å². The predicted octanol–water partition coefficient (Wildman–Crippen LogP) is 3.46. The molecule has 2 aromatic rings. The van der Waals surface area contributed by atoms with Gasteiger partial charge < -0.3 is 0 Å². The van der Waals surface area contributed by atoms with Gasteiger partial charge in [0.05, 0.1) is 10.6 Å². The molecule has 2 aromatic carbocycles. The Morgan fingerprint density at radius 2 is 1.83 bits per heavy atom. The zero-order chi connectivity index (χ0) is 17.9. The number of para-hydroxylation sites is 1. The fraction of sp³-hybridized carbons (Fsp3) is 0.143. The van der Waals surface area contributed by atoms with Crippen molar-refractivity contribution in [1.29, 1.82) is 0 Å². The topological polar surface area (TPSA) is 80.5 Å². The minimum atomic E-state index is -4.48. The van der Waals surface area contributed by atoms with Gasteiger partial charge >= 0.3 is 0 Å². The van der Waals surface area contributed by atoms with Crippen LogP contribution in [-0.4, -0.2) is 25.2 Å². The highest BCUT2D eigenvalue weighted by Crippen LogP contribution is 2.31. The van der Waals surface area contributed by atoms with Crippen LogP contribution in [0.15, 0.2) is 47.4 Å². The van der Waals surface area contributed by atoms with E-state index in [-0.39, 0.29) is 11.9 Å². The van der Waals surface area contributed by atoms with E-state index in [4.69, 9.17) is 0 Å². The van der Waals surface area contributed by atoms with Gasteiger partial charge in [0, 0.05) is 24.0 Å². The van der Waals surface area contributed by atoms with E-state index in [2.05, 4.69) is 15.9 Å². The monoisotopic (exact) mass is 420 g/mol. The minimum absolute atomic E-state index is 0.114. The third-order valence-electron chi connectivity index (χ3n) is 3.09. The number of halogens is 3. The highest BCUT2D eigenvalue weighted by molar-refractivity contribution is 9.09. The summed E-state index contributed by atoms with van der Waals surface area (Å²) in [6, 6.07) is 7.07. The van der Waals surface area contributed by atoms with E-state index in [1.165, 1.54) is 12.1 Å². The maximum atomic E-state index is 14.0. The normalized spacial score (nSPS) is 11.3. The summed E-state index contributed by atoms with van der Waals surface area (Å²) in [5, 5.41) is 11.2. The molecular formula is C14H11BrF2N2O4S. The minimum Gasteiger partial charge on any atom is -0.262 e. The first kappa shape index (κ1) is 18.3. The molecule has 10 heteroatoms. The number of hydrogen-bond acceptors (Lipinski definition) is 4. The summed E-state index contributed by atoms with van der Waals surface area (Å²) in [6.07, 6.45) is 0. The van der Waals surface area contributed by atoms with Gasteiger partial charge in [-0.15, -0.1) is 0 Å². The van der Waals surface area contributed by atoms with Gasteiger partial charge in [-0.25, -0.2) is 17.2 Å². The van der Waals surface area contributed by atoms with E-state index in [0.717, 1.165) is 30.3 Å². The standard InChI is InChI=1S/C14H11BrF2N2O4S/c15-7-8-18(13-9-10(16)5-6-11(13)17)24(22,23)14-4-2-1-3-12(14)19(20)21/h1-6,9H,7-8H2. The molecule has 0 radical (unpaired) electrons. The lowest BCUT2D eigenvalue weighted by atomic mass is 10.3. The molecule has 0 saturated heterocycles. The van der Waals surface area contributed by atoms with Crippen LogP contribution >= 0.6 is 15.9 Å². The summed E-state index contributed by atoms with van der Waals surface area (Å²) >= 11 is 3.05. The SMILES string of the molecule is O=[N+]([O-])c1ccccc1S(=O)(=O)N(CCBr)c1cc(F)ccc1F. The maximum absolute atomic E-state index is 14.0. The van der Waals surface area contributed by atoms with E-state index in [1.807, 2.05) is 0 Å². The molecule has 6 nitrogen and oxygen atoms in total. The number of rotatable bonds is 6. The van der Waals surface area contributed by atoms with Crippen molar-refractivity contribution in [1.82, 2.24) is 0 Å². The molecule has 0 N–H and O–H groups in total. The summed E-state index contributed by atoms with van der Waals surface area (Å²) in [5.41, 5.74) is -1.17. The Hall–Kier alpha value is -2.07. The van der Waals surface area contributed by atoms with Crippen molar-refractivity contribution in [2.45, 2.75) is 4.90 Å². The van der Waals surface area contributed by atoms with Crippen molar-refractivity contribution in [3.05, 3.63) is 64.2 Å². The van der Waals surface area contributed by atoms with Gasteiger partial charge in [0.2, 0.25) is 0 Å². The Morgan fingerprint density at radius 3 is 2.46 bits per heavy atom. The van der Waals surface area contributed by atoms with Crippen LogP contribution in [0.5, 0.6) is 0 Å². The quantitative estimate of drug-likeness (QED) is 0.407. The molecule has 0 heterocycles. The highest BCUT2D eigenvalue weighted by Gasteiger charge is 2.32. The average molecular weight is 421 g/mol. The molecule has 0 bridgehead atoms. The van der Waals surface area contributed by atoms with Crippen LogP contribution in [0.3, 0.4) is 0 Å². The molecule has 24 heavy (non-hydrogen) atoms. The molecule has 0 aliphatic rings. The van der Waals surface area contributed by atoms with Gasteiger partial charge in [-0.3, -0.25) is 14.4 Å². The van der Waals surface area contributed by atoms with Crippen molar-refractivity contribution >= 4 is 37.3 Å². The van der Waals surface area contributed by atoms with Crippen molar-refractivity contribution < 1.29 is 22.1 Å². The van der Waals surface area contributed by atoms with Crippen molar-refractivity contribution in [2.75, 3.05) is 16.2 Å². The van der Waals surface area contributed by atoms with Crippen LogP contribution in [0, 0.1) is 21.7 Å². The summed E-state index contributed by atoms with van der Waals surface area (Å²) in [5.74, 6) is -1.79. The molecule has 0 aromatic heterocycles. The van der Waals surface area contributed by atoms with E-state index in [1.54, 1.807) is 0 Å². The summed E-state index contributed by atoms with van der Waals surface area (Å²) in [6.45, 7) is -0.241. The number of nitro groups is 1. The number of nitro benzene ring substituents is 1. The first-order valence-corrected chi connectivity index (χ1v) is 9.12. The van der Waals surface area contributed by atoms with Gasteiger partial charge in [-0.1, -0.05) is 28.1 Å². The number of alkyl halides is 1. The zero-order valence-corrected chi connectivity index (χ0v) is 14.4. The summed E-state index contributed by atoms with van der Waals surface area (Å²) in [7, 11) is -4.48. The molecule has 0 atom stereocenters. The van der Waals surface area contributed by atoms with E-state index in [0.29, 0.717) is 4.31 Å². The second-order valence-corrected chi connectivity index (χ2v) is 7.21.